The average Bonchev–Trinajstić information content (AvgIpc) is 2.86. The number of aromatic nitrogens is 2. The number of nitrogens with zero attached hydrogens (tertiary/aromatic N) is 2. The normalized spacial score (nSPS) is 25.6. The Kier molecular flexibility index (Phi) is 4.73. The molecule has 1 aliphatic rings. The van der Waals surface area contributed by atoms with Gasteiger partial charge in [-0.3, -0.25) is 4.68 Å². The third kappa shape index (κ3) is 3.53. The van der Waals surface area contributed by atoms with E-state index in [1.54, 1.807) is 6.20 Å². The van der Waals surface area contributed by atoms with Crippen LogP contribution < -0.4 is 5.73 Å². The van der Waals surface area contributed by atoms with Crippen LogP contribution in [0.4, 0.5) is 13.2 Å². The van der Waals surface area contributed by atoms with Crippen LogP contribution in [0.5, 0.6) is 0 Å². The van der Waals surface area contributed by atoms with Crippen LogP contribution >= 0.6 is 0 Å². The zero-order valence-corrected chi connectivity index (χ0v) is 11.7. The fourth-order valence-electron chi connectivity index (χ4n) is 2.98. The number of rotatable bonds is 4. The van der Waals surface area contributed by atoms with Crippen molar-refractivity contribution in [3.05, 3.63) is 18.0 Å². The van der Waals surface area contributed by atoms with Crippen molar-refractivity contribution in [2.45, 2.75) is 57.8 Å². The van der Waals surface area contributed by atoms with Gasteiger partial charge in [0.05, 0.1) is 12.1 Å². The quantitative estimate of drug-likeness (QED) is 0.919. The summed E-state index contributed by atoms with van der Waals surface area (Å²) >= 11 is 0. The topological polar surface area (TPSA) is 43.8 Å². The van der Waals surface area contributed by atoms with Gasteiger partial charge in [0.1, 0.15) is 0 Å². The Labute approximate surface area is 117 Å². The van der Waals surface area contributed by atoms with E-state index < -0.39 is 12.1 Å². The monoisotopic (exact) mass is 289 g/mol. The lowest BCUT2D eigenvalue weighted by molar-refractivity contribution is -0.184. The molecule has 1 fully saturated rings. The summed E-state index contributed by atoms with van der Waals surface area (Å²) in [6.45, 7) is 2.91. The molecule has 0 bridgehead atoms. The first kappa shape index (κ1) is 15.4. The number of hydrogen-bond acceptors (Lipinski definition) is 2. The summed E-state index contributed by atoms with van der Waals surface area (Å²) < 4.78 is 39.8. The van der Waals surface area contributed by atoms with E-state index in [2.05, 4.69) is 12.0 Å². The molecule has 0 saturated heterocycles. The number of halogens is 3. The maximum absolute atomic E-state index is 12.6. The van der Waals surface area contributed by atoms with Crippen LogP contribution in [-0.2, 0) is 6.54 Å². The summed E-state index contributed by atoms with van der Waals surface area (Å²) in [5, 5.41) is 4.23. The molecule has 3 nitrogen and oxygen atoms in total. The lowest BCUT2D eigenvalue weighted by Crippen LogP contribution is -2.31. The molecule has 1 saturated carbocycles. The molecule has 0 spiro atoms. The van der Waals surface area contributed by atoms with Crippen LogP contribution in [0.15, 0.2) is 12.4 Å². The lowest BCUT2D eigenvalue weighted by Gasteiger charge is -2.32. The zero-order chi connectivity index (χ0) is 14.8. The highest BCUT2D eigenvalue weighted by Crippen LogP contribution is 2.42. The van der Waals surface area contributed by atoms with E-state index in [0.717, 1.165) is 18.5 Å². The number of alkyl halides is 3. The molecule has 2 N–H and O–H groups in total. The van der Waals surface area contributed by atoms with E-state index in [9.17, 15) is 13.2 Å². The van der Waals surface area contributed by atoms with Gasteiger partial charge in [-0.05, 0) is 38.0 Å². The molecule has 1 aliphatic carbocycles. The van der Waals surface area contributed by atoms with Gasteiger partial charge in [0, 0.05) is 24.3 Å². The third-order valence-corrected chi connectivity index (χ3v) is 4.23. The molecular formula is C14H22F3N3. The summed E-state index contributed by atoms with van der Waals surface area (Å²) in [6, 6.07) is -0.199. The second-order valence-corrected chi connectivity index (χ2v) is 5.72. The third-order valence-electron chi connectivity index (χ3n) is 4.23. The summed E-state index contributed by atoms with van der Waals surface area (Å²) in [5.41, 5.74) is 7.14. The summed E-state index contributed by atoms with van der Waals surface area (Å²) in [5.74, 6) is -1.01. The number of aryl methyl sites for hydroxylation is 1. The minimum atomic E-state index is -4.05. The molecule has 1 heterocycles. The van der Waals surface area contributed by atoms with Gasteiger partial charge in [0.2, 0.25) is 0 Å². The first-order valence-corrected chi connectivity index (χ1v) is 7.26. The number of nitrogens with two attached hydrogens (primary N) is 1. The van der Waals surface area contributed by atoms with E-state index in [1.165, 1.54) is 0 Å². The molecule has 0 aromatic carbocycles. The summed E-state index contributed by atoms with van der Waals surface area (Å²) in [7, 11) is 0. The van der Waals surface area contributed by atoms with Crippen molar-refractivity contribution in [2.24, 2.45) is 17.6 Å². The highest BCUT2D eigenvalue weighted by molar-refractivity contribution is 5.11. The Morgan fingerprint density at radius 1 is 1.35 bits per heavy atom. The largest absolute Gasteiger partial charge is 0.391 e. The second-order valence-electron chi connectivity index (χ2n) is 5.72. The molecule has 0 aliphatic heterocycles. The maximum atomic E-state index is 12.6. The summed E-state index contributed by atoms with van der Waals surface area (Å²) in [6.07, 6.45) is 2.10. The van der Waals surface area contributed by atoms with Crippen LogP contribution in [0.1, 0.15) is 50.6 Å². The van der Waals surface area contributed by atoms with Gasteiger partial charge in [0.25, 0.3) is 0 Å². The van der Waals surface area contributed by atoms with Crippen molar-refractivity contribution >= 4 is 0 Å². The molecule has 114 valence electrons. The van der Waals surface area contributed by atoms with Crippen molar-refractivity contribution < 1.29 is 13.2 Å². The van der Waals surface area contributed by atoms with Crippen molar-refractivity contribution in [1.29, 1.82) is 0 Å². The Morgan fingerprint density at radius 2 is 2.00 bits per heavy atom. The van der Waals surface area contributed by atoms with E-state index >= 15 is 0 Å². The minimum Gasteiger partial charge on any atom is -0.324 e. The van der Waals surface area contributed by atoms with Crippen molar-refractivity contribution in [3.8, 4) is 0 Å². The minimum absolute atomic E-state index is 0.132. The lowest BCUT2D eigenvalue weighted by atomic mass is 9.77. The van der Waals surface area contributed by atoms with Gasteiger partial charge >= 0.3 is 6.18 Å². The zero-order valence-electron chi connectivity index (χ0n) is 11.7. The molecular weight excluding hydrogens is 267 g/mol. The second kappa shape index (κ2) is 6.16. The SMILES string of the molecule is CCCn1cc(C(N)C2CCC(C(F)(F)F)CC2)cn1. The standard InChI is InChI=1S/C14H22F3N3/c1-2-7-20-9-11(8-19-20)13(18)10-3-5-12(6-4-10)14(15,16)17/h8-10,12-13H,2-7,18H2,1H3. The highest BCUT2D eigenvalue weighted by atomic mass is 19.4. The van der Waals surface area contributed by atoms with Crippen molar-refractivity contribution in [1.82, 2.24) is 9.78 Å². The fraction of sp³-hybridized carbons (Fsp3) is 0.786. The first-order valence-electron chi connectivity index (χ1n) is 7.26. The van der Waals surface area contributed by atoms with E-state index in [0.29, 0.717) is 12.8 Å². The predicted molar refractivity (Wildman–Crippen MR) is 70.9 cm³/mol. The van der Waals surface area contributed by atoms with Gasteiger partial charge < -0.3 is 5.73 Å². The van der Waals surface area contributed by atoms with Gasteiger partial charge in [-0.15, -0.1) is 0 Å². The predicted octanol–water partition coefficient (Wildman–Crippen LogP) is 3.66. The van der Waals surface area contributed by atoms with Gasteiger partial charge in [0.15, 0.2) is 0 Å². The van der Waals surface area contributed by atoms with E-state index in [-0.39, 0.29) is 24.8 Å². The van der Waals surface area contributed by atoms with E-state index in [4.69, 9.17) is 5.73 Å². The highest BCUT2D eigenvalue weighted by Gasteiger charge is 2.42. The fourth-order valence-corrected chi connectivity index (χ4v) is 2.98. The van der Waals surface area contributed by atoms with Crippen LogP contribution in [-0.4, -0.2) is 16.0 Å². The van der Waals surface area contributed by atoms with Crippen LogP contribution in [0, 0.1) is 11.8 Å². The summed E-state index contributed by atoms with van der Waals surface area (Å²) in [4.78, 5) is 0. The molecule has 20 heavy (non-hydrogen) atoms. The molecule has 0 amide bonds. The Balaban J connectivity index is 1.92. The molecule has 6 heteroatoms. The molecule has 0 radical (unpaired) electrons. The van der Waals surface area contributed by atoms with Crippen LogP contribution in [0.25, 0.3) is 0 Å². The van der Waals surface area contributed by atoms with E-state index in [1.807, 2.05) is 10.9 Å². The molecule has 2 rings (SSSR count). The number of hydrogen-bond donors (Lipinski definition) is 1. The van der Waals surface area contributed by atoms with Crippen molar-refractivity contribution in [2.75, 3.05) is 0 Å². The Bertz CT molecular complexity index is 420. The van der Waals surface area contributed by atoms with Gasteiger partial charge in [-0.1, -0.05) is 6.92 Å². The molecule has 1 aromatic heterocycles. The molecule has 1 aromatic rings. The Hall–Kier alpha value is -1.04. The Morgan fingerprint density at radius 3 is 2.55 bits per heavy atom. The van der Waals surface area contributed by atoms with Crippen LogP contribution in [0.2, 0.25) is 0 Å². The molecule has 1 unspecified atom stereocenters. The first-order chi connectivity index (χ1) is 9.41. The van der Waals surface area contributed by atoms with Crippen molar-refractivity contribution in [3.63, 3.8) is 0 Å². The maximum Gasteiger partial charge on any atom is 0.391 e. The van der Waals surface area contributed by atoms with Crippen LogP contribution in [0.3, 0.4) is 0 Å². The average molecular weight is 289 g/mol. The van der Waals surface area contributed by atoms with Gasteiger partial charge in [-0.2, -0.15) is 18.3 Å². The molecule has 1 atom stereocenters. The van der Waals surface area contributed by atoms with Gasteiger partial charge in [-0.25, -0.2) is 0 Å². The smallest absolute Gasteiger partial charge is 0.324 e.